The highest BCUT2D eigenvalue weighted by Gasteiger charge is 2.15. The van der Waals surface area contributed by atoms with E-state index in [4.69, 9.17) is 18.9 Å². The molecule has 3 rings (SSSR count). The summed E-state index contributed by atoms with van der Waals surface area (Å²) in [4.78, 5) is 41.4. The molecule has 0 saturated heterocycles. The van der Waals surface area contributed by atoms with Crippen molar-refractivity contribution in [2.75, 3.05) is 27.9 Å². The fraction of sp³-hybridized carbons (Fsp3) is 0.304. The molecule has 0 N–H and O–H groups in total. The van der Waals surface area contributed by atoms with Crippen LogP contribution in [0.4, 0.5) is 0 Å². The number of methoxy groups -OCH3 is 3. The minimum absolute atomic E-state index is 0.0287. The molecule has 1 amide bonds. The van der Waals surface area contributed by atoms with Crippen LogP contribution in [0, 0.1) is 0 Å². The van der Waals surface area contributed by atoms with Crippen LogP contribution in [0.25, 0.3) is 10.2 Å². The van der Waals surface area contributed by atoms with Crippen molar-refractivity contribution >= 4 is 39.4 Å². The Balaban J connectivity index is 2.00. The van der Waals surface area contributed by atoms with E-state index in [9.17, 15) is 14.4 Å². The van der Waals surface area contributed by atoms with Crippen molar-refractivity contribution in [2.24, 2.45) is 4.99 Å². The fourth-order valence-corrected chi connectivity index (χ4v) is 4.24. The molecule has 3 aromatic rings. The van der Waals surface area contributed by atoms with E-state index in [1.807, 2.05) is 0 Å². The largest absolute Gasteiger partial charge is 0.493 e. The maximum atomic E-state index is 12.7. The number of benzene rings is 2. The second-order valence-electron chi connectivity index (χ2n) is 6.82. The Bertz CT molecular complexity index is 1260. The van der Waals surface area contributed by atoms with Crippen molar-refractivity contribution in [1.82, 2.24) is 4.57 Å². The van der Waals surface area contributed by atoms with Crippen molar-refractivity contribution < 1.29 is 33.3 Å². The van der Waals surface area contributed by atoms with Gasteiger partial charge < -0.3 is 23.5 Å². The van der Waals surface area contributed by atoms with Gasteiger partial charge in [0, 0.05) is 0 Å². The first kappa shape index (κ1) is 24.0. The van der Waals surface area contributed by atoms with Gasteiger partial charge in [-0.15, -0.1) is 0 Å². The Morgan fingerprint density at radius 1 is 1.00 bits per heavy atom. The molecule has 33 heavy (non-hydrogen) atoms. The van der Waals surface area contributed by atoms with Gasteiger partial charge in [0.1, 0.15) is 6.54 Å². The quantitative estimate of drug-likeness (QED) is 0.464. The minimum atomic E-state index is -0.488. The summed E-state index contributed by atoms with van der Waals surface area (Å²) in [5.74, 6) is -0.272. The zero-order chi connectivity index (χ0) is 24.0. The first-order valence-electron chi connectivity index (χ1n) is 10.1. The van der Waals surface area contributed by atoms with Gasteiger partial charge in [0.05, 0.1) is 50.1 Å². The van der Waals surface area contributed by atoms with E-state index in [0.717, 1.165) is 0 Å². The lowest BCUT2D eigenvalue weighted by Gasteiger charge is -2.08. The summed E-state index contributed by atoms with van der Waals surface area (Å²) in [6.45, 7) is 1.86. The van der Waals surface area contributed by atoms with Crippen LogP contribution in [0.3, 0.4) is 0 Å². The lowest BCUT2D eigenvalue weighted by Crippen LogP contribution is -2.22. The van der Waals surface area contributed by atoms with Crippen molar-refractivity contribution in [2.45, 2.75) is 19.9 Å². The van der Waals surface area contributed by atoms with E-state index in [2.05, 4.69) is 4.99 Å². The SMILES string of the molecule is CCOC(=O)c1ccc2c(c1)sc(=NC(=O)Cc1ccc(OC)c(OC)c1)n2CC(=O)OC. The molecule has 10 heteroatoms. The molecule has 0 spiro atoms. The number of esters is 2. The Morgan fingerprint density at radius 2 is 1.76 bits per heavy atom. The Kier molecular flexibility index (Phi) is 7.83. The van der Waals surface area contributed by atoms with Gasteiger partial charge in [0.2, 0.25) is 0 Å². The maximum Gasteiger partial charge on any atom is 0.338 e. The summed E-state index contributed by atoms with van der Waals surface area (Å²) in [7, 11) is 4.34. The second-order valence-corrected chi connectivity index (χ2v) is 7.83. The van der Waals surface area contributed by atoms with Gasteiger partial charge >= 0.3 is 11.9 Å². The molecule has 0 saturated carbocycles. The van der Waals surface area contributed by atoms with Gasteiger partial charge in [-0.25, -0.2) is 4.79 Å². The van der Waals surface area contributed by atoms with Gasteiger partial charge in [-0.05, 0) is 42.8 Å². The highest BCUT2D eigenvalue weighted by molar-refractivity contribution is 7.16. The molecule has 0 fully saturated rings. The lowest BCUT2D eigenvalue weighted by atomic mass is 10.1. The van der Waals surface area contributed by atoms with E-state index in [1.165, 1.54) is 32.7 Å². The summed E-state index contributed by atoms with van der Waals surface area (Å²) in [5.41, 5.74) is 1.72. The number of carbonyl (C=O) groups excluding carboxylic acids is 3. The zero-order valence-corrected chi connectivity index (χ0v) is 19.6. The molecule has 0 radical (unpaired) electrons. The zero-order valence-electron chi connectivity index (χ0n) is 18.7. The molecular weight excluding hydrogens is 448 g/mol. The number of hydrogen-bond donors (Lipinski definition) is 0. The molecule has 1 heterocycles. The first-order chi connectivity index (χ1) is 15.9. The van der Waals surface area contributed by atoms with E-state index in [1.54, 1.807) is 47.9 Å². The van der Waals surface area contributed by atoms with Crippen LogP contribution in [0.1, 0.15) is 22.8 Å². The predicted octanol–water partition coefficient (Wildman–Crippen LogP) is 2.74. The van der Waals surface area contributed by atoms with Crippen LogP contribution < -0.4 is 14.3 Å². The number of amides is 1. The van der Waals surface area contributed by atoms with Crippen LogP contribution >= 0.6 is 11.3 Å². The average molecular weight is 473 g/mol. The minimum Gasteiger partial charge on any atom is -0.493 e. The van der Waals surface area contributed by atoms with Gasteiger partial charge in [0.15, 0.2) is 16.3 Å². The number of nitrogens with zero attached hydrogens (tertiary/aromatic N) is 2. The van der Waals surface area contributed by atoms with Gasteiger partial charge in [-0.1, -0.05) is 17.4 Å². The average Bonchev–Trinajstić information content (AvgIpc) is 3.14. The molecule has 0 aliphatic rings. The van der Waals surface area contributed by atoms with Crippen LogP contribution in [0.15, 0.2) is 41.4 Å². The predicted molar refractivity (Wildman–Crippen MR) is 122 cm³/mol. The topological polar surface area (TPSA) is 105 Å². The molecule has 1 aromatic heterocycles. The fourth-order valence-electron chi connectivity index (χ4n) is 3.16. The number of hydrogen-bond acceptors (Lipinski definition) is 8. The van der Waals surface area contributed by atoms with Crippen LogP contribution in [-0.4, -0.2) is 50.3 Å². The number of ether oxygens (including phenoxy) is 4. The summed E-state index contributed by atoms with van der Waals surface area (Å²) in [6.07, 6.45) is 0.0287. The van der Waals surface area contributed by atoms with Gasteiger partial charge in [0.25, 0.3) is 5.91 Å². The summed E-state index contributed by atoms with van der Waals surface area (Å²) < 4.78 is 22.6. The van der Waals surface area contributed by atoms with E-state index >= 15 is 0 Å². The normalized spacial score (nSPS) is 11.3. The monoisotopic (exact) mass is 472 g/mol. The number of aromatic nitrogens is 1. The Morgan fingerprint density at radius 3 is 2.42 bits per heavy atom. The molecule has 0 atom stereocenters. The van der Waals surface area contributed by atoms with E-state index in [0.29, 0.717) is 37.6 Å². The van der Waals surface area contributed by atoms with Crippen molar-refractivity contribution in [3.63, 3.8) is 0 Å². The third kappa shape index (κ3) is 5.58. The smallest absolute Gasteiger partial charge is 0.338 e. The number of fused-ring (bicyclic) bond motifs is 1. The third-order valence-corrected chi connectivity index (χ3v) is 5.77. The Labute approximate surface area is 194 Å². The second kappa shape index (κ2) is 10.8. The Hall–Kier alpha value is -3.66. The molecule has 174 valence electrons. The van der Waals surface area contributed by atoms with Gasteiger partial charge in [-0.2, -0.15) is 4.99 Å². The summed E-state index contributed by atoms with van der Waals surface area (Å²) >= 11 is 1.19. The maximum absolute atomic E-state index is 12.7. The van der Waals surface area contributed by atoms with Crippen molar-refractivity contribution in [3.05, 3.63) is 52.3 Å². The highest BCUT2D eigenvalue weighted by Crippen LogP contribution is 2.27. The van der Waals surface area contributed by atoms with Crippen molar-refractivity contribution in [3.8, 4) is 11.5 Å². The molecule has 0 aliphatic heterocycles. The molecular formula is C23H24N2O7S. The van der Waals surface area contributed by atoms with Crippen molar-refractivity contribution in [1.29, 1.82) is 0 Å². The molecule has 9 nitrogen and oxygen atoms in total. The standard InChI is InChI=1S/C23H24N2O7S/c1-5-32-22(28)15-7-8-16-19(12-15)33-23(25(16)13-21(27)31-4)24-20(26)11-14-6-9-17(29-2)18(10-14)30-3/h6-10,12H,5,11,13H2,1-4H3. The highest BCUT2D eigenvalue weighted by atomic mass is 32.1. The lowest BCUT2D eigenvalue weighted by molar-refractivity contribution is -0.141. The summed E-state index contributed by atoms with van der Waals surface area (Å²) in [6, 6.07) is 10.1. The number of thiazole rings is 1. The molecule has 0 aliphatic carbocycles. The first-order valence-corrected chi connectivity index (χ1v) is 10.9. The van der Waals surface area contributed by atoms with Crippen LogP contribution in [0.2, 0.25) is 0 Å². The molecule has 0 bridgehead atoms. The third-order valence-electron chi connectivity index (χ3n) is 4.73. The number of carbonyl (C=O) groups is 3. The van der Waals surface area contributed by atoms with E-state index in [-0.39, 0.29) is 19.6 Å². The molecule has 2 aromatic carbocycles. The van der Waals surface area contributed by atoms with E-state index < -0.39 is 17.8 Å². The molecule has 0 unspecified atom stereocenters. The van der Waals surface area contributed by atoms with Crippen LogP contribution in [-0.2, 0) is 32.0 Å². The summed E-state index contributed by atoms with van der Waals surface area (Å²) in [5, 5.41) is 0. The van der Waals surface area contributed by atoms with Gasteiger partial charge in [-0.3, -0.25) is 9.59 Å². The van der Waals surface area contributed by atoms with Crippen LogP contribution in [0.5, 0.6) is 11.5 Å². The number of rotatable bonds is 8.